The van der Waals surface area contributed by atoms with Crippen LogP contribution in [0.25, 0.3) is 0 Å². The van der Waals surface area contributed by atoms with Gasteiger partial charge in [-0.1, -0.05) is 12.1 Å². The van der Waals surface area contributed by atoms with E-state index in [1.54, 1.807) is 16.8 Å². The van der Waals surface area contributed by atoms with E-state index in [9.17, 15) is 22.8 Å². The Balaban J connectivity index is 1.87. The van der Waals surface area contributed by atoms with Crippen molar-refractivity contribution in [2.75, 3.05) is 6.54 Å². The number of rotatable bonds is 5. The van der Waals surface area contributed by atoms with E-state index < -0.39 is 23.5 Å². The molecule has 0 atom stereocenters. The Morgan fingerprint density at radius 1 is 1.17 bits per heavy atom. The lowest BCUT2D eigenvalue weighted by Gasteiger charge is -2.12. The molecule has 4 nitrogen and oxygen atoms in total. The summed E-state index contributed by atoms with van der Waals surface area (Å²) in [5.74, 6) is -1.75. The van der Waals surface area contributed by atoms with Gasteiger partial charge >= 0.3 is 12.1 Å². The first-order valence-corrected chi connectivity index (χ1v) is 7.49. The minimum atomic E-state index is -4.61. The maximum Gasteiger partial charge on any atom is 0.419 e. The van der Waals surface area contributed by atoms with E-state index in [-0.39, 0.29) is 18.9 Å². The van der Waals surface area contributed by atoms with Crippen LogP contribution in [0.1, 0.15) is 22.3 Å². The molecule has 0 radical (unpaired) electrons. The molecule has 122 valence electrons. The van der Waals surface area contributed by atoms with Gasteiger partial charge in [0, 0.05) is 17.5 Å². The van der Waals surface area contributed by atoms with Gasteiger partial charge in [0.1, 0.15) is 5.75 Å². The average Bonchev–Trinajstić information content (AvgIpc) is 3.01. The monoisotopic (exact) mass is 343 g/mol. The third-order valence-corrected chi connectivity index (χ3v) is 3.50. The Morgan fingerprint density at radius 3 is 2.57 bits per heavy atom. The molecule has 0 fully saturated rings. The molecule has 1 N–H and O–H groups in total. The summed E-state index contributed by atoms with van der Waals surface area (Å²) >= 11 is 1.35. The molecular formula is C15H12F3NO3S. The summed E-state index contributed by atoms with van der Waals surface area (Å²) in [5, 5.41) is 5.87. The normalized spacial score (nSPS) is 11.1. The van der Waals surface area contributed by atoms with Gasteiger partial charge in [0.15, 0.2) is 0 Å². The molecule has 0 bridgehead atoms. The van der Waals surface area contributed by atoms with Crippen LogP contribution in [0.15, 0.2) is 41.1 Å². The van der Waals surface area contributed by atoms with Gasteiger partial charge in [-0.25, -0.2) is 0 Å². The molecule has 1 amide bonds. The maximum atomic E-state index is 12.8. The summed E-state index contributed by atoms with van der Waals surface area (Å²) in [7, 11) is 0. The zero-order valence-electron chi connectivity index (χ0n) is 11.7. The van der Waals surface area contributed by atoms with E-state index in [1.807, 2.05) is 0 Å². The molecule has 23 heavy (non-hydrogen) atoms. The molecule has 0 saturated heterocycles. The first-order valence-electron chi connectivity index (χ1n) is 6.55. The second-order valence-electron chi connectivity index (χ2n) is 4.49. The molecule has 0 aliphatic heterocycles. The van der Waals surface area contributed by atoms with Gasteiger partial charge in [-0.15, -0.1) is 0 Å². The zero-order valence-corrected chi connectivity index (χ0v) is 12.5. The van der Waals surface area contributed by atoms with Crippen LogP contribution in [-0.2, 0) is 11.0 Å². The fraction of sp³-hybridized carbons (Fsp3) is 0.200. The number of ether oxygens (including phenoxy) is 1. The number of halogens is 3. The summed E-state index contributed by atoms with van der Waals surface area (Å²) in [6.07, 6.45) is -4.84. The van der Waals surface area contributed by atoms with E-state index in [4.69, 9.17) is 4.74 Å². The van der Waals surface area contributed by atoms with Crippen molar-refractivity contribution in [3.63, 3.8) is 0 Å². The van der Waals surface area contributed by atoms with Crippen molar-refractivity contribution in [3.8, 4) is 5.75 Å². The van der Waals surface area contributed by atoms with E-state index in [1.165, 1.54) is 23.5 Å². The summed E-state index contributed by atoms with van der Waals surface area (Å²) < 4.78 is 43.0. The number of carbonyl (C=O) groups excluding carboxylic acids is 2. The molecule has 1 aromatic heterocycles. The number of para-hydroxylation sites is 1. The Bertz CT molecular complexity index is 684. The molecule has 0 unspecified atom stereocenters. The van der Waals surface area contributed by atoms with Gasteiger partial charge in [-0.2, -0.15) is 24.5 Å². The van der Waals surface area contributed by atoms with Crippen molar-refractivity contribution >= 4 is 23.2 Å². The van der Waals surface area contributed by atoms with Crippen molar-refractivity contribution in [2.45, 2.75) is 12.6 Å². The minimum Gasteiger partial charge on any atom is -0.426 e. The van der Waals surface area contributed by atoms with Gasteiger partial charge in [-0.3, -0.25) is 9.59 Å². The molecule has 0 spiro atoms. The Morgan fingerprint density at radius 2 is 1.91 bits per heavy atom. The van der Waals surface area contributed by atoms with Crippen LogP contribution in [0, 0.1) is 0 Å². The van der Waals surface area contributed by atoms with Crippen LogP contribution in [0.2, 0.25) is 0 Å². The molecule has 8 heteroatoms. The molecular weight excluding hydrogens is 331 g/mol. The highest BCUT2D eigenvalue weighted by Crippen LogP contribution is 2.35. The lowest BCUT2D eigenvalue weighted by atomic mass is 10.2. The molecule has 1 aromatic carbocycles. The predicted molar refractivity (Wildman–Crippen MR) is 78.3 cm³/mol. The SMILES string of the molecule is O=C(CCNC(=O)c1ccsc1)Oc1ccccc1C(F)(F)F. The van der Waals surface area contributed by atoms with Crippen LogP contribution >= 0.6 is 11.3 Å². The van der Waals surface area contributed by atoms with Crippen LogP contribution in [0.3, 0.4) is 0 Å². The van der Waals surface area contributed by atoms with E-state index in [0.29, 0.717) is 5.56 Å². The number of hydrogen-bond acceptors (Lipinski definition) is 4. The highest BCUT2D eigenvalue weighted by Gasteiger charge is 2.34. The highest BCUT2D eigenvalue weighted by molar-refractivity contribution is 7.08. The zero-order chi connectivity index (χ0) is 16.9. The molecule has 0 aliphatic carbocycles. The van der Waals surface area contributed by atoms with Crippen molar-refractivity contribution in [2.24, 2.45) is 0 Å². The number of hydrogen-bond donors (Lipinski definition) is 1. The van der Waals surface area contributed by atoms with Crippen LogP contribution < -0.4 is 10.1 Å². The van der Waals surface area contributed by atoms with E-state index in [2.05, 4.69) is 5.32 Å². The Kier molecular flexibility index (Phi) is 5.38. The number of carbonyl (C=O) groups is 2. The van der Waals surface area contributed by atoms with Gasteiger partial charge < -0.3 is 10.1 Å². The van der Waals surface area contributed by atoms with Gasteiger partial charge in [0.25, 0.3) is 5.91 Å². The van der Waals surface area contributed by atoms with Crippen molar-refractivity contribution in [1.82, 2.24) is 5.32 Å². The maximum absolute atomic E-state index is 12.8. The van der Waals surface area contributed by atoms with Crippen molar-refractivity contribution < 1.29 is 27.5 Å². The quantitative estimate of drug-likeness (QED) is 0.668. The van der Waals surface area contributed by atoms with Crippen LogP contribution in [-0.4, -0.2) is 18.4 Å². The second kappa shape index (κ2) is 7.28. The topological polar surface area (TPSA) is 55.4 Å². The highest BCUT2D eigenvalue weighted by atomic mass is 32.1. The second-order valence-corrected chi connectivity index (χ2v) is 5.27. The Hall–Kier alpha value is -2.35. The van der Waals surface area contributed by atoms with E-state index in [0.717, 1.165) is 12.1 Å². The number of nitrogens with one attached hydrogen (secondary N) is 1. The van der Waals surface area contributed by atoms with Gasteiger partial charge in [0.05, 0.1) is 12.0 Å². The van der Waals surface area contributed by atoms with E-state index >= 15 is 0 Å². The molecule has 2 aromatic rings. The Labute approximate surface area is 133 Å². The lowest BCUT2D eigenvalue weighted by molar-refractivity contribution is -0.142. The standard InChI is InChI=1S/C15H12F3NO3S/c16-15(17,18)11-3-1-2-4-12(11)22-13(20)5-7-19-14(21)10-6-8-23-9-10/h1-4,6,8-9H,5,7H2,(H,19,21). The molecule has 0 saturated carbocycles. The minimum absolute atomic E-state index is 0.0261. The number of esters is 1. The summed E-state index contributed by atoms with van der Waals surface area (Å²) in [4.78, 5) is 23.2. The smallest absolute Gasteiger partial charge is 0.419 e. The third kappa shape index (κ3) is 4.82. The van der Waals surface area contributed by atoms with Gasteiger partial charge in [0.2, 0.25) is 0 Å². The number of amides is 1. The number of thiophene rings is 1. The van der Waals surface area contributed by atoms with Gasteiger partial charge in [-0.05, 0) is 23.6 Å². The summed E-state index contributed by atoms with van der Waals surface area (Å²) in [6, 6.07) is 6.08. The lowest BCUT2D eigenvalue weighted by Crippen LogP contribution is -2.27. The fourth-order valence-electron chi connectivity index (χ4n) is 1.74. The average molecular weight is 343 g/mol. The molecule has 2 rings (SSSR count). The van der Waals surface area contributed by atoms with Crippen LogP contribution in [0.4, 0.5) is 13.2 Å². The number of alkyl halides is 3. The molecule has 0 aliphatic rings. The number of benzene rings is 1. The third-order valence-electron chi connectivity index (χ3n) is 2.81. The first kappa shape index (κ1) is 17.0. The van der Waals surface area contributed by atoms with Crippen molar-refractivity contribution in [1.29, 1.82) is 0 Å². The predicted octanol–water partition coefficient (Wildman–Crippen LogP) is 3.49. The fourth-order valence-corrected chi connectivity index (χ4v) is 2.37. The largest absolute Gasteiger partial charge is 0.426 e. The summed E-state index contributed by atoms with van der Waals surface area (Å²) in [6.45, 7) is -0.0261. The van der Waals surface area contributed by atoms with Crippen molar-refractivity contribution in [3.05, 3.63) is 52.2 Å². The summed E-state index contributed by atoms with van der Waals surface area (Å²) in [5.41, 5.74) is -0.554. The van der Waals surface area contributed by atoms with Crippen LogP contribution in [0.5, 0.6) is 5.75 Å². The first-order chi connectivity index (χ1) is 10.9. The molecule has 1 heterocycles.